The van der Waals surface area contributed by atoms with E-state index in [4.69, 9.17) is 4.74 Å². The van der Waals surface area contributed by atoms with Gasteiger partial charge >= 0.3 is 5.69 Å². The summed E-state index contributed by atoms with van der Waals surface area (Å²) in [6.45, 7) is 2.70. The molecule has 0 aliphatic carbocycles. The van der Waals surface area contributed by atoms with Gasteiger partial charge in [0, 0.05) is 12.1 Å². The van der Waals surface area contributed by atoms with Crippen LogP contribution >= 0.6 is 0 Å². The number of ether oxygens (including phenoxy) is 1. The van der Waals surface area contributed by atoms with Gasteiger partial charge in [0.1, 0.15) is 5.75 Å². The van der Waals surface area contributed by atoms with Gasteiger partial charge < -0.3 is 9.84 Å². The number of hydrogen-bond donors (Lipinski definition) is 1. The highest BCUT2D eigenvalue weighted by molar-refractivity contribution is 5.49. The van der Waals surface area contributed by atoms with Crippen LogP contribution < -0.4 is 4.74 Å². The Hall–Kier alpha value is -1.78. The zero-order valence-electron chi connectivity index (χ0n) is 9.89. The van der Waals surface area contributed by atoms with Crippen LogP contribution in [0.5, 0.6) is 11.5 Å². The second-order valence-corrected chi connectivity index (χ2v) is 3.82. The zero-order chi connectivity index (χ0) is 12.7. The van der Waals surface area contributed by atoms with Gasteiger partial charge in [0.2, 0.25) is 0 Å². The zero-order valence-corrected chi connectivity index (χ0v) is 9.89. The SMILES string of the molecule is CCCCCCOc1ccc([N+](=O)[O-])c(O)c1. The lowest BCUT2D eigenvalue weighted by Crippen LogP contribution is -1.97. The maximum Gasteiger partial charge on any atom is 0.310 e. The molecule has 0 saturated carbocycles. The van der Waals surface area contributed by atoms with Crippen molar-refractivity contribution >= 4 is 5.69 Å². The first-order chi connectivity index (χ1) is 8.15. The second-order valence-electron chi connectivity index (χ2n) is 3.82. The molecule has 17 heavy (non-hydrogen) atoms. The van der Waals surface area contributed by atoms with Gasteiger partial charge in [-0.1, -0.05) is 26.2 Å². The van der Waals surface area contributed by atoms with Crippen LogP contribution in [-0.4, -0.2) is 16.6 Å². The Kier molecular flexibility index (Phi) is 5.26. The molecule has 1 aromatic rings. The molecule has 0 fully saturated rings. The Morgan fingerprint density at radius 2 is 2.12 bits per heavy atom. The van der Waals surface area contributed by atoms with Crippen LogP contribution in [0.15, 0.2) is 18.2 Å². The molecule has 0 aliphatic heterocycles. The molecule has 0 spiro atoms. The van der Waals surface area contributed by atoms with Gasteiger partial charge in [-0.3, -0.25) is 10.1 Å². The smallest absolute Gasteiger partial charge is 0.310 e. The molecule has 0 heterocycles. The number of phenolic OH excluding ortho intramolecular Hbond substituents is 1. The van der Waals surface area contributed by atoms with E-state index < -0.39 is 4.92 Å². The lowest BCUT2D eigenvalue weighted by molar-refractivity contribution is -0.385. The number of nitro benzene ring substituents is 1. The summed E-state index contributed by atoms with van der Waals surface area (Å²) in [6.07, 6.45) is 4.40. The van der Waals surface area contributed by atoms with E-state index in [-0.39, 0.29) is 11.4 Å². The van der Waals surface area contributed by atoms with Crippen LogP contribution in [0.4, 0.5) is 5.69 Å². The number of unbranched alkanes of at least 4 members (excludes halogenated alkanes) is 3. The third kappa shape index (κ3) is 4.30. The number of phenols is 1. The van der Waals surface area contributed by atoms with E-state index in [1.165, 1.54) is 24.6 Å². The van der Waals surface area contributed by atoms with E-state index in [0.29, 0.717) is 12.4 Å². The van der Waals surface area contributed by atoms with E-state index in [2.05, 4.69) is 6.92 Å². The van der Waals surface area contributed by atoms with Crippen LogP contribution in [0.3, 0.4) is 0 Å². The van der Waals surface area contributed by atoms with Crippen LogP contribution in [0.25, 0.3) is 0 Å². The van der Waals surface area contributed by atoms with E-state index in [9.17, 15) is 15.2 Å². The van der Waals surface area contributed by atoms with Gasteiger partial charge in [0.25, 0.3) is 0 Å². The van der Waals surface area contributed by atoms with Gasteiger partial charge in [0.05, 0.1) is 11.5 Å². The minimum Gasteiger partial charge on any atom is -0.502 e. The predicted molar refractivity (Wildman–Crippen MR) is 64.4 cm³/mol. The van der Waals surface area contributed by atoms with Gasteiger partial charge in [-0.05, 0) is 12.5 Å². The van der Waals surface area contributed by atoms with E-state index in [1.54, 1.807) is 0 Å². The summed E-state index contributed by atoms with van der Waals surface area (Å²) in [7, 11) is 0. The Balaban J connectivity index is 2.45. The Morgan fingerprint density at radius 1 is 1.35 bits per heavy atom. The summed E-state index contributed by atoms with van der Waals surface area (Å²) in [5.41, 5.74) is -0.302. The normalized spacial score (nSPS) is 10.2. The van der Waals surface area contributed by atoms with Crippen molar-refractivity contribution in [3.05, 3.63) is 28.3 Å². The molecule has 0 aliphatic rings. The molecule has 0 atom stereocenters. The first kappa shape index (κ1) is 13.3. The fraction of sp³-hybridized carbons (Fsp3) is 0.500. The van der Waals surface area contributed by atoms with E-state index in [1.807, 2.05) is 0 Å². The van der Waals surface area contributed by atoms with Gasteiger partial charge in [-0.25, -0.2) is 0 Å². The summed E-state index contributed by atoms with van der Waals surface area (Å²) in [6, 6.07) is 4.02. The molecular formula is C12H17NO4. The fourth-order valence-electron chi connectivity index (χ4n) is 1.47. The Labute approximate surface area is 100 Å². The van der Waals surface area contributed by atoms with Crippen molar-refractivity contribution in [3.8, 4) is 11.5 Å². The minimum absolute atomic E-state index is 0.302. The molecular weight excluding hydrogens is 222 g/mol. The molecule has 1 aromatic carbocycles. The molecule has 0 unspecified atom stereocenters. The van der Waals surface area contributed by atoms with E-state index >= 15 is 0 Å². The third-order valence-corrected chi connectivity index (χ3v) is 2.41. The van der Waals surface area contributed by atoms with Crippen molar-refractivity contribution < 1.29 is 14.8 Å². The highest BCUT2D eigenvalue weighted by Gasteiger charge is 2.13. The standard InChI is InChI=1S/C12H17NO4/c1-2-3-4-5-8-17-10-6-7-11(13(15)16)12(14)9-10/h6-7,9,14H,2-5,8H2,1H3. The van der Waals surface area contributed by atoms with Gasteiger partial charge in [-0.2, -0.15) is 0 Å². The molecule has 0 saturated heterocycles. The number of nitrogens with zero attached hydrogens (tertiary/aromatic N) is 1. The van der Waals surface area contributed by atoms with Crippen LogP contribution in [-0.2, 0) is 0 Å². The van der Waals surface area contributed by atoms with Crippen LogP contribution in [0, 0.1) is 10.1 Å². The highest BCUT2D eigenvalue weighted by Crippen LogP contribution is 2.29. The van der Waals surface area contributed by atoms with Crippen LogP contribution in [0.1, 0.15) is 32.6 Å². The molecule has 0 amide bonds. The number of benzene rings is 1. The summed E-state index contributed by atoms with van der Waals surface area (Å²) in [5, 5.41) is 19.9. The number of rotatable bonds is 7. The maximum atomic E-state index is 10.5. The topological polar surface area (TPSA) is 72.6 Å². The Bertz CT molecular complexity index is 379. The first-order valence-electron chi connectivity index (χ1n) is 5.75. The van der Waals surface area contributed by atoms with Crippen molar-refractivity contribution in [2.45, 2.75) is 32.6 Å². The van der Waals surface area contributed by atoms with Crippen molar-refractivity contribution in [3.63, 3.8) is 0 Å². The molecule has 0 radical (unpaired) electrons. The molecule has 5 heteroatoms. The number of nitro groups is 1. The summed E-state index contributed by atoms with van der Waals surface area (Å²) in [4.78, 5) is 9.85. The summed E-state index contributed by atoms with van der Waals surface area (Å²) < 4.78 is 5.39. The number of aromatic hydroxyl groups is 1. The lowest BCUT2D eigenvalue weighted by Gasteiger charge is -2.06. The van der Waals surface area contributed by atoms with Gasteiger partial charge in [0.15, 0.2) is 5.75 Å². The Morgan fingerprint density at radius 3 is 2.71 bits per heavy atom. The largest absolute Gasteiger partial charge is 0.502 e. The molecule has 0 bridgehead atoms. The summed E-state index contributed by atoms with van der Waals surface area (Å²) in [5.74, 6) is 0.102. The van der Waals surface area contributed by atoms with E-state index in [0.717, 1.165) is 19.3 Å². The quantitative estimate of drug-likeness (QED) is 0.450. The predicted octanol–water partition coefficient (Wildman–Crippen LogP) is 3.26. The lowest BCUT2D eigenvalue weighted by atomic mass is 10.2. The first-order valence-corrected chi connectivity index (χ1v) is 5.75. The average Bonchev–Trinajstić information content (AvgIpc) is 2.28. The van der Waals surface area contributed by atoms with Crippen molar-refractivity contribution in [2.75, 3.05) is 6.61 Å². The second kappa shape index (κ2) is 6.73. The van der Waals surface area contributed by atoms with Crippen molar-refractivity contribution in [2.24, 2.45) is 0 Å². The van der Waals surface area contributed by atoms with Gasteiger partial charge in [-0.15, -0.1) is 0 Å². The monoisotopic (exact) mass is 239 g/mol. The molecule has 0 aromatic heterocycles. The minimum atomic E-state index is -0.625. The highest BCUT2D eigenvalue weighted by atomic mass is 16.6. The molecule has 94 valence electrons. The molecule has 5 nitrogen and oxygen atoms in total. The van der Waals surface area contributed by atoms with Crippen molar-refractivity contribution in [1.29, 1.82) is 0 Å². The third-order valence-electron chi connectivity index (χ3n) is 2.41. The molecule has 1 N–H and O–H groups in total. The fourth-order valence-corrected chi connectivity index (χ4v) is 1.47. The van der Waals surface area contributed by atoms with Crippen molar-refractivity contribution in [1.82, 2.24) is 0 Å². The average molecular weight is 239 g/mol. The maximum absolute atomic E-state index is 10.5. The van der Waals surface area contributed by atoms with Crippen LogP contribution in [0.2, 0.25) is 0 Å². The number of hydrogen-bond acceptors (Lipinski definition) is 4. The summed E-state index contributed by atoms with van der Waals surface area (Å²) >= 11 is 0. The molecule has 1 rings (SSSR count).